The fraction of sp³-hybridized carbons (Fsp3) is 0.579. The lowest BCUT2D eigenvalue weighted by molar-refractivity contribution is -0.129. The van der Waals surface area contributed by atoms with Gasteiger partial charge in [0.15, 0.2) is 0 Å². The second-order valence-corrected chi connectivity index (χ2v) is 7.60. The number of phenolic OH excluding ortho intramolecular Hbond substituents is 1. The number of benzene rings is 1. The molecule has 3 aliphatic rings. The van der Waals surface area contributed by atoms with E-state index in [0.29, 0.717) is 29.8 Å². The molecule has 1 aromatic rings. The van der Waals surface area contributed by atoms with Crippen molar-refractivity contribution in [2.24, 2.45) is 23.2 Å². The van der Waals surface area contributed by atoms with Crippen molar-refractivity contribution in [2.75, 3.05) is 0 Å². The zero-order valence-corrected chi connectivity index (χ0v) is 12.9. The molecule has 0 saturated heterocycles. The Kier molecular flexibility index (Phi) is 2.97. The largest absolute Gasteiger partial charge is 0.508 e. The first-order chi connectivity index (χ1) is 10.5. The predicted molar refractivity (Wildman–Crippen MR) is 82.7 cm³/mol. The minimum atomic E-state index is -0.291. The number of carbonyl (C=O) groups excluding carboxylic acids is 2. The van der Waals surface area contributed by atoms with Gasteiger partial charge in [-0.1, -0.05) is 13.0 Å². The molecule has 116 valence electrons. The molecule has 2 saturated carbocycles. The number of hydrogen-bond acceptors (Lipinski definition) is 3. The third-order valence-corrected chi connectivity index (χ3v) is 6.66. The summed E-state index contributed by atoms with van der Waals surface area (Å²) in [6, 6.07) is 5.71. The molecule has 3 aliphatic carbocycles. The Balaban J connectivity index is 1.76. The molecule has 0 aliphatic heterocycles. The van der Waals surface area contributed by atoms with Crippen LogP contribution in [-0.4, -0.2) is 17.2 Å². The van der Waals surface area contributed by atoms with Crippen LogP contribution < -0.4 is 0 Å². The highest BCUT2D eigenvalue weighted by atomic mass is 16.3. The van der Waals surface area contributed by atoms with Crippen LogP contribution in [0, 0.1) is 23.2 Å². The van der Waals surface area contributed by atoms with Gasteiger partial charge in [-0.05, 0) is 66.7 Å². The van der Waals surface area contributed by atoms with Crippen LogP contribution in [0.25, 0.3) is 0 Å². The fourth-order valence-corrected chi connectivity index (χ4v) is 5.64. The van der Waals surface area contributed by atoms with Crippen LogP contribution in [-0.2, 0) is 16.0 Å². The van der Waals surface area contributed by atoms with Gasteiger partial charge in [0.25, 0.3) is 0 Å². The zero-order chi connectivity index (χ0) is 15.5. The standard InChI is InChI=1S/C19H22O3/c1-19-7-6-15-14-5-3-13(21)8-11(14)2-4-16(15)18(19)12(10-20)9-17(19)22/h3,5,8,10,12,15-16,18,21H,2,4,6-7,9H2,1H3/t12-,15-,16-,18+,19-/m1/s1. The van der Waals surface area contributed by atoms with Crippen LogP contribution in [0.15, 0.2) is 18.2 Å². The predicted octanol–water partition coefficient (Wildman–Crippen LogP) is 3.24. The summed E-state index contributed by atoms with van der Waals surface area (Å²) in [5, 5.41) is 9.70. The normalized spacial score (nSPS) is 39.8. The first kappa shape index (κ1) is 14.0. The number of ketones is 1. The van der Waals surface area contributed by atoms with Crippen molar-refractivity contribution in [1.82, 2.24) is 0 Å². The van der Waals surface area contributed by atoms with E-state index in [0.717, 1.165) is 32.0 Å². The fourth-order valence-electron chi connectivity index (χ4n) is 5.64. The maximum absolute atomic E-state index is 12.5. The van der Waals surface area contributed by atoms with Gasteiger partial charge in [-0.25, -0.2) is 0 Å². The van der Waals surface area contributed by atoms with Gasteiger partial charge < -0.3 is 9.90 Å². The van der Waals surface area contributed by atoms with Crippen LogP contribution >= 0.6 is 0 Å². The molecule has 0 unspecified atom stereocenters. The number of aryl methyl sites for hydroxylation is 1. The van der Waals surface area contributed by atoms with Crippen molar-refractivity contribution >= 4 is 12.1 Å². The van der Waals surface area contributed by atoms with E-state index in [9.17, 15) is 14.7 Å². The molecule has 22 heavy (non-hydrogen) atoms. The first-order valence-corrected chi connectivity index (χ1v) is 8.35. The Morgan fingerprint density at radius 1 is 1.32 bits per heavy atom. The van der Waals surface area contributed by atoms with Gasteiger partial charge in [-0.15, -0.1) is 0 Å². The summed E-state index contributed by atoms with van der Waals surface area (Å²) in [4.78, 5) is 24.0. The highest BCUT2D eigenvalue weighted by molar-refractivity contribution is 5.90. The lowest BCUT2D eigenvalue weighted by Gasteiger charge is -2.49. The van der Waals surface area contributed by atoms with Gasteiger partial charge in [0, 0.05) is 17.8 Å². The van der Waals surface area contributed by atoms with E-state index in [1.54, 1.807) is 6.07 Å². The van der Waals surface area contributed by atoms with Crippen LogP contribution in [0.3, 0.4) is 0 Å². The number of aromatic hydroxyl groups is 1. The molecule has 5 atom stereocenters. The van der Waals surface area contributed by atoms with Crippen LogP contribution in [0.2, 0.25) is 0 Å². The Morgan fingerprint density at radius 2 is 2.14 bits per heavy atom. The van der Waals surface area contributed by atoms with Gasteiger partial charge in [0.2, 0.25) is 0 Å². The van der Waals surface area contributed by atoms with E-state index in [2.05, 4.69) is 13.0 Å². The molecule has 1 N–H and O–H groups in total. The van der Waals surface area contributed by atoms with Crippen LogP contribution in [0.5, 0.6) is 5.75 Å². The van der Waals surface area contributed by atoms with Crippen molar-refractivity contribution in [3.63, 3.8) is 0 Å². The molecule has 2 fully saturated rings. The summed E-state index contributed by atoms with van der Waals surface area (Å²) in [5.41, 5.74) is 2.29. The zero-order valence-electron chi connectivity index (χ0n) is 12.9. The Labute approximate surface area is 130 Å². The van der Waals surface area contributed by atoms with Gasteiger partial charge in [-0.3, -0.25) is 4.79 Å². The molecule has 0 heterocycles. The van der Waals surface area contributed by atoms with E-state index in [1.165, 1.54) is 11.1 Å². The molecule has 0 bridgehead atoms. The number of aldehydes is 1. The number of phenols is 1. The summed E-state index contributed by atoms with van der Waals surface area (Å²) >= 11 is 0. The Bertz CT molecular complexity index is 650. The van der Waals surface area contributed by atoms with Crippen molar-refractivity contribution in [3.05, 3.63) is 29.3 Å². The molecule has 0 radical (unpaired) electrons. The average molecular weight is 298 g/mol. The second-order valence-electron chi connectivity index (χ2n) is 7.60. The number of Topliss-reactive ketones (excluding diaryl/α,β-unsaturated/α-hetero) is 1. The highest BCUT2D eigenvalue weighted by Gasteiger charge is 2.58. The van der Waals surface area contributed by atoms with Gasteiger partial charge >= 0.3 is 0 Å². The number of rotatable bonds is 1. The molecule has 4 rings (SSSR count). The number of fused-ring (bicyclic) bond motifs is 5. The van der Waals surface area contributed by atoms with Crippen molar-refractivity contribution in [1.29, 1.82) is 0 Å². The lowest BCUT2D eigenvalue weighted by Crippen LogP contribution is -2.44. The first-order valence-electron chi connectivity index (χ1n) is 8.35. The second kappa shape index (κ2) is 4.68. The molecule has 0 amide bonds. The number of hydrogen-bond donors (Lipinski definition) is 1. The summed E-state index contributed by atoms with van der Waals surface area (Å²) in [5.74, 6) is 1.61. The minimum absolute atomic E-state index is 0.0936. The average Bonchev–Trinajstić information content (AvgIpc) is 2.78. The molecule has 1 aromatic carbocycles. The van der Waals surface area contributed by atoms with E-state index >= 15 is 0 Å². The minimum Gasteiger partial charge on any atom is -0.508 e. The summed E-state index contributed by atoms with van der Waals surface area (Å²) in [7, 11) is 0. The summed E-state index contributed by atoms with van der Waals surface area (Å²) in [6.45, 7) is 2.09. The molecule has 0 aromatic heterocycles. The monoisotopic (exact) mass is 298 g/mol. The number of carbonyl (C=O) groups is 2. The molecular formula is C19H22O3. The van der Waals surface area contributed by atoms with Gasteiger partial charge in [-0.2, -0.15) is 0 Å². The molecular weight excluding hydrogens is 276 g/mol. The Hall–Kier alpha value is -1.64. The SMILES string of the molecule is C[C@]12CC[C@@H]3c4ccc(O)cc4CC[C@H]3[C@@H]1[C@@H](C=O)CC2=O. The van der Waals surface area contributed by atoms with E-state index in [4.69, 9.17) is 0 Å². The molecule has 3 nitrogen and oxygen atoms in total. The topological polar surface area (TPSA) is 54.4 Å². The van der Waals surface area contributed by atoms with Crippen molar-refractivity contribution < 1.29 is 14.7 Å². The highest BCUT2D eigenvalue weighted by Crippen LogP contribution is 2.61. The van der Waals surface area contributed by atoms with Crippen LogP contribution in [0.1, 0.15) is 49.7 Å². The smallest absolute Gasteiger partial charge is 0.139 e. The van der Waals surface area contributed by atoms with Crippen LogP contribution in [0.4, 0.5) is 0 Å². The van der Waals surface area contributed by atoms with E-state index < -0.39 is 0 Å². The van der Waals surface area contributed by atoms with Crippen molar-refractivity contribution in [3.8, 4) is 5.75 Å². The molecule has 3 heteroatoms. The lowest BCUT2D eigenvalue weighted by atomic mass is 9.54. The quantitative estimate of drug-likeness (QED) is 0.810. The third-order valence-electron chi connectivity index (χ3n) is 6.66. The molecule has 0 spiro atoms. The van der Waals surface area contributed by atoms with Gasteiger partial charge in [0.1, 0.15) is 17.8 Å². The third kappa shape index (κ3) is 1.74. The Morgan fingerprint density at radius 3 is 2.91 bits per heavy atom. The maximum Gasteiger partial charge on any atom is 0.139 e. The summed E-state index contributed by atoms with van der Waals surface area (Å²) in [6.07, 6.45) is 5.35. The van der Waals surface area contributed by atoms with E-state index in [-0.39, 0.29) is 17.3 Å². The van der Waals surface area contributed by atoms with Crippen molar-refractivity contribution in [2.45, 2.75) is 44.9 Å². The maximum atomic E-state index is 12.5. The van der Waals surface area contributed by atoms with E-state index in [1.807, 2.05) is 6.07 Å². The van der Waals surface area contributed by atoms with Gasteiger partial charge in [0.05, 0.1) is 0 Å². The summed E-state index contributed by atoms with van der Waals surface area (Å²) < 4.78 is 0.